The van der Waals surface area contributed by atoms with Gasteiger partial charge in [0.25, 0.3) is 0 Å². The van der Waals surface area contributed by atoms with Crippen LogP contribution < -0.4 is 15.4 Å². The van der Waals surface area contributed by atoms with Gasteiger partial charge in [0.2, 0.25) is 5.91 Å². The van der Waals surface area contributed by atoms with E-state index in [-0.39, 0.29) is 41.0 Å². The van der Waals surface area contributed by atoms with E-state index in [1.54, 1.807) is 51.4 Å². The molecule has 1 amide bonds. The van der Waals surface area contributed by atoms with Gasteiger partial charge >= 0.3 is 0 Å². The molecule has 0 unspecified atom stereocenters. The van der Waals surface area contributed by atoms with Crippen LogP contribution in [-0.2, 0) is 11.3 Å². The first-order valence-corrected chi connectivity index (χ1v) is 8.94. The number of guanidine groups is 1. The fraction of sp³-hybridized carbons (Fsp3) is 0.579. The summed E-state index contributed by atoms with van der Waals surface area (Å²) in [7, 11) is 6.89. The van der Waals surface area contributed by atoms with Crippen LogP contribution in [0.15, 0.2) is 23.2 Å². The Bertz CT molecular complexity index is 658. The number of hydrogen-bond donors (Lipinski definition) is 3. The molecule has 0 bridgehead atoms. The zero-order valence-corrected chi connectivity index (χ0v) is 18.9. The van der Waals surface area contributed by atoms with E-state index in [4.69, 9.17) is 4.74 Å². The molecular weight excluding hydrogens is 459 g/mol. The average molecular weight is 490 g/mol. The highest BCUT2D eigenvalue weighted by Crippen LogP contribution is 2.38. The lowest BCUT2D eigenvalue weighted by atomic mass is 9.84. The standard InChI is InChI=1S/C19H30N4O3.HI/c1-20-18(21-12-14-11-15(26-4)7-8-16(14)24)22-13-19(9-5-6-10-19)17(25)23(2)3;/h7-8,11,24H,5-6,9-10,12-13H2,1-4H3,(H2,20,21,22);1H. The van der Waals surface area contributed by atoms with Crippen LogP contribution in [0.4, 0.5) is 0 Å². The number of ether oxygens (including phenoxy) is 1. The van der Waals surface area contributed by atoms with Crippen LogP contribution in [0.2, 0.25) is 0 Å². The van der Waals surface area contributed by atoms with Gasteiger partial charge < -0.3 is 25.4 Å². The molecule has 2 rings (SSSR count). The summed E-state index contributed by atoms with van der Waals surface area (Å²) in [6, 6.07) is 5.10. The fourth-order valence-electron chi connectivity index (χ4n) is 3.48. The Kier molecular flexibility index (Phi) is 9.14. The first-order valence-electron chi connectivity index (χ1n) is 8.94. The second-order valence-electron chi connectivity index (χ2n) is 6.96. The number of halogens is 1. The highest BCUT2D eigenvalue weighted by Gasteiger charge is 2.42. The number of aliphatic imine (C=N–C) groups is 1. The summed E-state index contributed by atoms with van der Waals surface area (Å²) < 4.78 is 5.19. The average Bonchev–Trinajstić information content (AvgIpc) is 3.12. The van der Waals surface area contributed by atoms with Crippen LogP contribution >= 0.6 is 24.0 Å². The van der Waals surface area contributed by atoms with Crippen molar-refractivity contribution in [3.63, 3.8) is 0 Å². The van der Waals surface area contributed by atoms with Crippen molar-refractivity contribution in [1.29, 1.82) is 0 Å². The number of rotatable bonds is 6. The third kappa shape index (κ3) is 5.88. The Morgan fingerprint density at radius 2 is 1.96 bits per heavy atom. The second-order valence-corrected chi connectivity index (χ2v) is 6.96. The number of carbonyl (C=O) groups excluding carboxylic acids is 1. The lowest BCUT2D eigenvalue weighted by Gasteiger charge is -2.31. The molecule has 1 aliphatic carbocycles. The van der Waals surface area contributed by atoms with E-state index in [1.165, 1.54) is 0 Å². The minimum atomic E-state index is -0.362. The molecule has 1 aliphatic rings. The van der Waals surface area contributed by atoms with E-state index in [0.29, 0.717) is 30.4 Å². The molecule has 27 heavy (non-hydrogen) atoms. The lowest BCUT2D eigenvalue weighted by Crippen LogP contribution is -2.49. The van der Waals surface area contributed by atoms with Gasteiger partial charge in [-0.3, -0.25) is 9.79 Å². The predicted molar refractivity (Wildman–Crippen MR) is 118 cm³/mol. The van der Waals surface area contributed by atoms with Crippen molar-refractivity contribution in [2.45, 2.75) is 32.2 Å². The minimum Gasteiger partial charge on any atom is -0.508 e. The van der Waals surface area contributed by atoms with Gasteiger partial charge in [-0.2, -0.15) is 0 Å². The van der Waals surface area contributed by atoms with Gasteiger partial charge in [0.1, 0.15) is 11.5 Å². The maximum absolute atomic E-state index is 12.6. The highest BCUT2D eigenvalue weighted by molar-refractivity contribution is 14.0. The molecule has 152 valence electrons. The highest BCUT2D eigenvalue weighted by atomic mass is 127. The topological polar surface area (TPSA) is 86.2 Å². The Balaban J connectivity index is 0.00000364. The van der Waals surface area contributed by atoms with Crippen molar-refractivity contribution in [3.05, 3.63) is 23.8 Å². The maximum atomic E-state index is 12.6. The monoisotopic (exact) mass is 490 g/mol. The number of hydrogen-bond acceptors (Lipinski definition) is 4. The van der Waals surface area contributed by atoms with Crippen LogP contribution in [0.5, 0.6) is 11.5 Å². The van der Waals surface area contributed by atoms with Gasteiger partial charge in [-0.25, -0.2) is 0 Å². The molecule has 8 heteroatoms. The molecule has 0 aromatic heterocycles. The Morgan fingerprint density at radius 3 is 2.52 bits per heavy atom. The number of aromatic hydroxyl groups is 1. The molecule has 1 fully saturated rings. The van der Waals surface area contributed by atoms with Crippen molar-refractivity contribution in [3.8, 4) is 11.5 Å². The molecule has 0 spiro atoms. The Morgan fingerprint density at radius 1 is 1.30 bits per heavy atom. The third-order valence-electron chi connectivity index (χ3n) is 4.97. The maximum Gasteiger partial charge on any atom is 0.230 e. The second kappa shape index (κ2) is 10.6. The molecule has 0 radical (unpaired) electrons. The summed E-state index contributed by atoms with van der Waals surface area (Å²) in [6.45, 7) is 0.950. The van der Waals surface area contributed by atoms with Crippen molar-refractivity contribution < 1.29 is 14.6 Å². The van der Waals surface area contributed by atoms with Gasteiger partial charge in [-0.1, -0.05) is 12.8 Å². The summed E-state index contributed by atoms with van der Waals surface area (Å²) in [5, 5.41) is 16.5. The first-order chi connectivity index (χ1) is 12.4. The summed E-state index contributed by atoms with van der Waals surface area (Å²) in [5.41, 5.74) is 0.353. The molecular formula is C19H31IN4O3. The predicted octanol–water partition coefficient (Wildman–Crippen LogP) is 2.33. The van der Waals surface area contributed by atoms with Gasteiger partial charge in [-0.15, -0.1) is 24.0 Å². The molecule has 3 N–H and O–H groups in total. The molecule has 0 atom stereocenters. The Hall–Kier alpha value is -1.71. The van der Waals surface area contributed by atoms with Gasteiger partial charge in [0, 0.05) is 39.8 Å². The van der Waals surface area contributed by atoms with Crippen LogP contribution in [-0.4, -0.2) is 56.7 Å². The number of amides is 1. The summed E-state index contributed by atoms with van der Waals surface area (Å²) in [4.78, 5) is 18.5. The zero-order chi connectivity index (χ0) is 19.2. The van der Waals surface area contributed by atoms with Crippen molar-refractivity contribution >= 4 is 35.8 Å². The van der Waals surface area contributed by atoms with Gasteiger partial charge in [0.15, 0.2) is 5.96 Å². The lowest BCUT2D eigenvalue weighted by molar-refractivity contribution is -0.138. The molecule has 1 aromatic rings. The summed E-state index contributed by atoms with van der Waals surface area (Å²) in [5.74, 6) is 1.65. The number of carbonyl (C=O) groups is 1. The number of nitrogens with zero attached hydrogens (tertiary/aromatic N) is 2. The van der Waals surface area contributed by atoms with E-state index in [0.717, 1.165) is 25.7 Å². The number of nitrogens with one attached hydrogen (secondary N) is 2. The number of methoxy groups -OCH3 is 1. The minimum absolute atomic E-state index is 0. The van der Waals surface area contributed by atoms with Crippen LogP contribution in [0.25, 0.3) is 0 Å². The summed E-state index contributed by atoms with van der Waals surface area (Å²) in [6.07, 6.45) is 3.94. The first kappa shape index (κ1) is 23.3. The number of benzene rings is 1. The number of phenols is 1. The normalized spacial score (nSPS) is 15.6. The van der Waals surface area contributed by atoms with Crippen LogP contribution in [0.1, 0.15) is 31.2 Å². The third-order valence-corrected chi connectivity index (χ3v) is 4.97. The van der Waals surface area contributed by atoms with E-state index in [1.807, 2.05) is 0 Å². The molecule has 1 aromatic carbocycles. The largest absolute Gasteiger partial charge is 0.508 e. The van der Waals surface area contributed by atoms with E-state index >= 15 is 0 Å². The molecule has 0 saturated heterocycles. The van der Waals surface area contributed by atoms with E-state index < -0.39 is 0 Å². The van der Waals surface area contributed by atoms with Gasteiger partial charge in [0.05, 0.1) is 12.5 Å². The van der Waals surface area contributed by atoms with E-state index in [9.17, 15) is 9.90 Å². The zero-order valence-electron chi connectivity index (χ0n) is 16.5. The smallest absolute Gasteiger partial charge is 0.230 e. The van der Waals surface area contributed by atoms with Crippen molar-refractivity contribution in [1.82, 2.24) is 15.5 Å². The van der Waals surface area contributed by atoms with Crippen molar-refractivity contribution in [2.24, 2.45) is 10.4 Å². The molecule has 7 nitrogen and oxygen atoms in total. The number of phenolic OH excluding ortho intramolecular Hbond substituents is 1. The van der Waals surface area contributed by atoms with Crippen molar-refractivity contribution in [2.75, 3.05) is 34.8 Å². The Labute approximate surface area is 178 Å². The molecule has 0 heterocycles. The van der Waals surface area contributed by atoms with Gasteiger partial charge in [-0.05, 0) is 31.0 Å². The quantitative estimate of drug-likeness (QED) is 0.324. The summed E-state index contributed by atoms with van der Waals surface area (Å²) >= 11 is 0. The van der Waals surface area contributed by atoms with Crippen LogP contribution in [0.3, 0.4) is 0 Å². The fourth-order valence-corrected chi connectivity index (χ4v) is 3.48. The molecule has 0 aliphatic heterocycles. The van der Waals surface area contributed by atoms with Crippen LogP contribution in [0, 0.1) is 5.41 Å². The SMILES string of the molecule is CN=C(NCc1cc(OC)ccc1O)NCC1(C(=O)N(C)C)CCCC1.I. The van der Waals surface area contributed by atoms with E-state index in [2.05, 4.69) is 15.6 Å². The molecule has 1 saturated carbocycles.